The summed E-state index contributed by atoms with van der Waals surface area (Å²) < 4.78 is 0. The van der Waals surface area contributed by atoms with Crippen molar-refractivity contribution in [2.24, 2.45) is 5.92 Å². The number of piperidine rings is 1. The first-order valence-corrected chi connectivity index (χ1v) is 8.84. The summed E-state index contributed by atoms with van der Waals surface area (Å²) in [6.45, 7) is 3.57. The molecule has 2 aromatic rings. The number of amides is 2. The van der Waals surface area contributed by atoms with Crippen molar-refractivity contribution in [3.8, 4) is 0 Å². The van der Waals surface area contributed by atoms with Crippen LogP contribution in [0.3, 0.4) is 0 Å². The quantitative estimate of drug-likeness (QED) is 0.865. The zero-order chi connectivity index (χ0) is 19.4. The molecule has 1 saturated heterocycles. The van der Waals surface area contributed by atoms with Crippen LogP contribution in [0.2, 0.25) is 0 Å². The number of rotatable bonds is 4. The average Bonchev–Trinajstić information content (AvgIpc) is 2.68. The first-order chi connectivity index (χ1) is 13.0. The van der Waals surface area contributed by atoms with Crippen LogP contribution in [-0.4, -0.2) is 45.9 Å². The number of carbonyl (C=O) groups is 3. The van der Waals surface area contributed by atoms with Crippen LogP contribution in [0, 0.1) is 5.92 Å². The number of carboxylic acid groups (broad SMARTS) is 1. The summed E-state index contributed by atoms with van der Waals surface area (Å²) in [5.41, 5.74) is 0.745. The molecule has 1 aromatic heterocycles. The summed E-state index contributed by atoms with van der Waals surface area (Å²) in [5, 5.41) is 11.7. The highest BCUT2D eigenvalue weighted by Crippen LogP contribution is 2.22. The molecule has 0 radical (unpaired) electrons. The zero-order valence-electron chi connectivity index (χ0n) is 15.0. The number of nitrogens with zero attached hydrogens (tertiary/aromatic N) is 2. The van der Waals surface area contributed by atoms with Crippen LogP contribution in [0.15, 0.2) is 42.6 Å². The molecular weight excluding hydrogens is 346 g/mol. The Labute approximate surface area is 157 Å². The molecule has 0 atom stereocenters. The van der Waals surface area contributed by atoms with Gasteiger partial charge in [-0.2, -0.15) is 0 Å². The van der Waals surface area contributed by atoms with Crippen molar-refractivity contribution in [3.63, 3.8) is 0 Å². The second kappa shape index (κ2) is 7.99. The van der Waals surface area contributed by atoms with E-state index in [-0.39, 0.29) is 17.2 Å². The van der Waals surface area contributed by atoms with E-state index in [1.54, 1.807) is 29.2 Å². The summed E-state index contributed by atoms with van der Waals surface area (Å²) in [4.78, 5) is 42.1. The van der Waals surface area contributed by atoms with E-state index >= 15 is 0 Å². The van der Waals surface area contributed by atoms with Crippen molar-refractivity contribution >= 4 is 23.5 Å². The Morgan fingerprint density at radius 3 is 2.56 bits per heavy atom. The van der Waals surface area contributed by atoms with Crippen molar-refractivity contribution in [1.82, 2.24) is 9.88 Å². The third-order valence-electron chi connectivity index (χ3n) is 4.72. The van der Waals surface area contributed by atoms with Crippen LogP contribution in [0.1, 0.15) is 51.0 Å². The molecular formula is C20H21N3O4. The van der Waals surface area contributed by atoms with E-state index in [2.05, 4.69) is 17.2 Å². The maximum absolute atomic E-state index is 12.9. The molecule has 0 spiro atoms. The van der Waals surface area contributed by atoms with Crippen LogP contribution < -0.4 is 5.32 Å². The van der Waals surface area contributed by atoms with E-state index in [1.165, 1.54) is 18.3 Å². The van der Waals surface area contributed by atoms with Crippen LogP contribution in [0.4, 0.5) is 5.69 Å². The lowest BCUT2D eigenvalue weighted by atomic mass is 9.98. The molecule has 1 fully saturated rings. The average molecular weight is 367 g/mol. The number of anilines is 1. The van der Waals surface area contributed by atoms with Crippen molar-refractivity contribution in [1.29, 1.82) is 0 Å². The van der Waals surface area contributed by atoms with Gasteiger partial charge < -0.3 is 15.3 Å². The number of aromatic carboxylic acids is 1. The van der Waals surface area contributed by atoms with Crippen LogP contribution in [0.25, 0.3) is 0 Å². The second-order valence-corrected chi connectivity index (χ2v) is 6.71. The number of hydrogen-bond donors (Lipinski definition) is 2. The fraction of sp³-hybridized carbons (Fsp3) is 0.300. The summed E-state index contributed by atoms with van der Waals surface area (Å²) >= 11 is 0. The summed E-state index contributed by atoms with van der Waals surface area (Å²) in [6, 6.07) is 9.32. The number of para-hydroxylation sites is 1. The van der Waals surface area contributed by atoms with Crippen LogP contribution in [0.5, 0.6) is 0 Å². The summed E-state index contributed by atoms with van der Waals surface area (Å²) in [5.74, 6) is -1.21. The Morgan fingerprint density at radius 1 is 1.15 bits per heavy atom. The number of benzene rings is 1. The van der Waals surface area contributed by atoms with Crippen LogP contribution in [-0.2, 0) is 0 Å². The number of aromatic nitrogens is 1. The Morgan fingerprint density at radius 2 is 1.85 bits per heavy atom. The van der Waals surface area contributed by atoms with Crippen molar-refractivity contribution in [2.75, 3.05) is 18.4 Å². The number of carbonyl (C=O) groups excluding carboxylic acids is 2. The first kappa shape index (κ1) is 18.6. The Hall–Kier alpha value is -3.22. The van der Waals surface area contributed by atoms with Gasteiger partial charge >= 0.3 is 5.97 Å². The molecule has 3 rings (SSSR count). The van der Waals surface area contributed by atoms with E-state index in [0.717, 1.165) is 12.8 Å². The number of hydrogen-bond acceptors (Lipinski definition) is 4. The van der Waals surface area contributed by atoms with Gasteiger partial charge in [-0.3, -0.25) is 14.6 Å². The molecule has 0 saturated carbocycles. The van der Waals surface area contributed by atoms with E-state index in [0.29, 0.717) is 30.3 Å². The Bertz CT molecular complexity index is 873. The Kier molecular flexibility index (Phi) is 5.49. The normalized spacial score (nSPS) is 14.6. The highest BCUT2D eigenvalue weighted by Gasteiger charge is 2.24. The highest BCUT2D eigenvalue weighted by atomic mass is 16.4. The largest absolute Gasteiger partial charge is 0.478 e. The van der Waals surface area contributed by atoms with E-state index in [4.69, 9.17) is 5.11 Å². The van der Waals surface area contributed by atoms with Gasteiger partial charge in [0, 0.05) is 19.3 Å². The minimum Gasteiger partial charge on any atom is -0.478 e. The predicted octanol–water partition coefficient (Wildman–Crippen LogP) is 2.90. The van der Waals surface area contributed by atoms with Gasteiger partial charge in [-0.05, 0) is 43.0 Å². The maximum Gasteiger partial charge on any atom is 0.335 e. The molecule has 7 heteroatoms. The zero-order valence-corrected chi connectivity index (χ0v) is 15.0. The molecule has 27 heavy (non-hydrogen) atoms. The predicted molar refractivity (Wildman–Crippen MR) is 99.9 cm³/mol. The topological polar surface area (TPSA) is 99.6 Å². The van der Waals surface area contributed by atoms with E-state index < -0.39 is 11.9 Å². The fourth-order valence-electron chi connectivity index (χ4n) is 3.03. The highest BCUT2D eigenvalue weighted by molar-refractivity contribution is 6.08. The van der Waals surface area contributed by atoms with E-state index in [9.17, 15) is 14.4 Å². The van der Waals surface area contributed by atoms with Gasteiger partial charge in [-0.1, -0.05) is 19.1 Å². The van der Waals surface area contributed by atoms with Gasteiger partial charge in [-0.25, -0.2) is 4.79 Å². The summed E-state index contributed by atoms with van der Waals surface area (Å²) in [6.07, 6.45) is 3.20. The lowest BCUT2D eigenvalue weighted by Gasteiger charge is -2.30. The minimum absolute atomic E-state index is 0.0241. The smallest absolute Gasteiger partial charge is 0.335 e. The van der Waals surface area contributed by atoms with E-state index in [1.807, 2.05) is 0 Å². The molecule has 2 heterocycles. The third-order valence-corrected chi connectivity index (χ3v) is 4.72. The molecule has 0 aliphatic carbocycles. The van der Waals surface area contributed by atoms with Gasteiger partial charge in [0.15, 0.2) is 0 Å². The van der Waals surface area contributed by atoms with Crippen molar-refractivity contribution in [2.45, 2.75) is 19.8 Å². The monoisotopic (exact) mass is 367 g/mol. The molecule has 1 aliphatic rings. The molecule has 7 nitrogen and oxygen atoms in total. The van der Waals surface area contributed by atoms with Gasteiger partial charge in [0.25, 0.3) is 11.8 Å². The van der Waals surface area contributed by atoms with Gasteiger partial charge in [-0.15, -0.1) is 0 Å². The Balaban J connectivity index is 1.80. The molecule has 0 bridgehead atoms. The SMILES string of the molecule is CC1CCN(C(=O)c2ccccc2NC(=O)c2cc(C(=O)O)ccn2)CC1. The van der Waals surface area contributed by atoms with Crippen molar-refractivity contribution < 1.29 is 19.5 Å². The second-order valence-electron chi connectivity index (χ2n) is 6.71. The fourth-order valence-corrected chi connectivity index (χ4v) is 3.03. The number of likely N-dealkylation sites (tertiary alicyclic amines) is 1. The number of nitrogens with one attached hydrogen (secondary N) is 1. The van der Waals surface area contributed by atoms with Gasteiger partial charge in [0.05, 0.1) is 16.8 Å². The lowest BCUT2D eigenvalue weighted by molar-refractivity contribution is 0.0688. The van der Waals surface area contributed by atoms with Gasteiger partial charge in [0.2, 0.25) is 0 Å². The minimum atomic E-state index is -1.14. The molecule has 1 aliphatic heterocycles. The van der Waals surface area contributed by atoms with Gasteiger partial charge in [0.1, 0.15) is 5.69 Å². The molecule has 1 aromatic carbocycles. The standard InChI is InChI=1S/C20H21N3O4/c1-13-7-10-23(11-8-13)19(25)15-4-2-3-5-16(15)22-18(24)17-12-14(20(26)27)6-9-21-17/h2-6,9,12-13H,7-8,10-11H2,1H3,(H,22,24)(H,26,27). The summed E-state index contributed by atoms with van der Waals surface area (Å²) in [7, 11) is 0. The number of pyridine rings is 1. The van der Waals surface area contributed by atoms with Crippen molar-refractivity contribution in [3.05, 3.63) is 59.4 Å². The number of carboxylic acids is 1. The molecule has 2 amide bonds. The maximum atomic E-state index is 12.9. The molecule has 140 valence electrons. The molecule has 2 N–H and O–H groups in total. The lowest BCUT2D eigenvalue weighted by Crippen LogP contribution is -2.38. The molecule has 0 unspecified atom stereocenters. The third kappa shape index (κ3) is 4.31. The first-order valence-electron chi connectivity index (χ1n) is 8.84. The van der Waals surface area contributed by atoms with Crippen LogP contribution >= 0.6 is 0 Å².